The second kappa shape index (κ2) is 8.65. The van der Waals surface area contributed by atoms with Gasteiger partial charge in [-0.2, -0.15) is 0 Å². The summed E-state index contributed by atoms with van der Waals surface area (Å²) in [5, 5.41) is 0. The number of ketones is 1. The normalized spacial score (nSPS) is 20.9. The van der Waals surface area contributed by atoms with Crippen LogP contribution in [0.4, 0.5) is 20.2 Å². The number of carbonyl (C=O) groups excluding carboxylic acids is 2. The number of amides is 1. The average Bonchev–Trinajstić information content (AvgIpc) is 2.97. The van der Waals surface area contributed by atoms with E-state index < -0.39 is 38.7 Å². The first-order chi connectivity index (χ1) is 16.2. The highest BCUT2D eigenvalue weighted by molar-refractivity contribution is 7.91. The Morgan fingerprint density at radius 2 is 1.83 bits per heavy atom. The molecule has 3 heterocycles. The second-order valence-electron chi connectivity index (χ2n) is 10.2. The van der Waals surface area contributed by atoms with Crippen molar-refractivity contribution in [3.8, 4) is 5.88 Å². The quantitative estimate of drug-likeness (QED) is 0.529. The molecule has 0 bridgehead atoms. The Morgan fingerprint density at radius 1 is 1.17 bits per heavy atom. The van der Waals surface area contributed by atoms with Crippen LogP contribution in [0.15, 0.2) is 30.5 Å². The number of hydrogen-bond acceptors (Lipinski definition) is 6. The van der Waals surface area contributed by atoms with Crippen LogP contribution < -0.4 is 9.64 Å². The molecule has 188 valence electrons. The molecule has 1 atom stereocenters. The standard InChI is InChI=1S/C25H28F2N2O5S/c1-15(26)34-22-12-20(18(27)14-28-22)29-19-6-5-16(11-17(19)24(2,3)23(29)31)21(30)13-25(4)7-9-35(32,33)10-8-25/h5-6,11-12,14-15H,7-10,13H2,1-4H3. The molecular weight excluding hydrogens is 478 g/mol. The van der Waals surface area contributed by atoms with Crippen molar-refractivity contribution >= 4 is 32.9 Å². The number of carbonyl (C=O) groups is 2. The topological polar surface area (TPSA) is 93.6 Å². The molecule has 0 saturated carbocycles. The lowest BCUT2D eigenvalue weighted by Crippen LogP contribution is -2.33. The molecule has 1 fully saturated rings. The number of sulfone groups is 1. The van der Waals surface area contributed by atoms with E-state index in [1.165, 1.54) is 11.0 Å². The summed E-state index contributed by atoms with van der Waals surface area (Å²) in [5.41, 5.74) is -0.214. The average molecular weight is 507 g/mol. The predicted octanol–water partition coefficient (Wildman–Crippen LogP) is 4.66. The van der Waals surface area contributed by atoms with E-state index in [2.05, 4.69) is 4.98 Å². The summed E-state index contributed by atoms with van der Waals surface area (Å²) in [6.07, 6.45) is 0.243. The van der Waals surface area contributed by atoms with E-state index in [0.717, 1.165) is 13.1 Å². The third-order valence-corrected chi connectivity index (χ3v) is 8.58. The monoisotopic (exact) mass is 506 g/mol. The predicted molar refractivity (Wildman–Crippen MR) is 127 cm³/mol. The van der Waals surface area contributed by atoms with Gasteiger partial charge < -0.3 is 4.74 Å². The van der Waals surface area contributed by atoms with Crippen LogP contribution in [0.2, 0.25) is 0 Å². The number of anilines is 2. The number of pyridine rings is 1. The Balaban J connectivity index is 1.66. The zero-order valence-electron chi connectivity index (χ0n) is 20.1. The van der Waals surface area contributed by atoms with Crippen LogP contribution in [-0.2, 0) is 20.0 Å². The minimum absolute atomic E-state index is 0.0713. The molecule has 2 aromatic rings. The van der Waals surface area contributed by atoms with Crippen LogP contribution in [0, 0.1) is 11.2 Å². The van der Waals surface area contributed by atoms with E-state index in [1.54, 1.807) is 32.0 Å². The van der Waals surface area contributed by atoms with Crippen molar-refractivity contribution in [1.29, 1.82) is 0 Å². The molecule has 0 radical (unpaired) electrons. The summed E-state index contributed by atoms with van der Waals surface area (Å²) in [6, 6.07) is 6.01. The van der Waals surface area contributed by atoms with Crippen molar-refractivity contribution in [2.45, 2.75) is 58.7 Å². The fraction of sp³-hybridized carbons (Fsp3) is 0.480. The first-order valence-corrected chi connectivity index (χ1v) is 13.2. The lowest BCUT2D eigenvalue weighted by atomic mass is 9.78. The SMILES string of the molecule is CC(F)Oc1cc(N2C(=O)C(C)(C)c3cc(C(=O)CC4(C)CCS(=O)(=O)CC4)ccc32)c(F)cn1. The number of nitrogens with zero attached hydrogens (tertiary/aromatic N) is 2. The number of halogens is 2. The first kappa shape index (κ1) is 25.2. The van der Waals surface area contributed by atoms with Crippen LogP contribution in [-0.4, -0.2) is 43.0 Å². The van der Waals surface area contributed by atoms with Gasteiger partial charge >= 0.3 is 0 Å². The molecule has 2 aliphatic heterocycles. The van der Waals surface area contributed by atoms with Crippen LogP contribution in [0.25, 0.3) is 0 Å². The van der Waals surface area contributed by atoms with E-state index in [-0.39, 0.29) is 35.3 Å². The molecule has 1 aromatic heterocycles. The van der Waals surface area contributed by atoms with Gasteiger partial charge in [-0.05, 0) is 55.9 Å². The molecule has 0 aliphatic carbocycles. The van der Waals surface area contributed by atoms with Gasteiger partial charge in [-0.15, -0.1) is 0 Å². The number of hydrogen-bond donors (Lipinski definition) is 0. The second-order valence-corrected chi connectivity index (χ2v) is 12.5. The third-order valence-electron chi connectivity index (χ3n) is 6.93. The maximum Gasteiger partial charge on any atom is 0.241 e. The van der Waals surface area contributed by atoms with E-state index in [0.29, 0.717) is 29.7 Å². The summed E-state index contributed by atoms with van der Waals surface area (Å²) in [4.78, 5) is 31.4. The minimum Gasteiger partial charge on any atom is -0.444 e. The smallest absolute Gasteiger partial charge is 0.241 e. The number of benzene rings is 1. The summed E-state index contributed by atoms with van der Waals surface area (Å²) < 4.78 is 56.5. The largest absolute Gasteiger partial charge is 0.444 e. The van der Waals surface area contributed by atoms with Gasteiger partial charge in [0.2, 0.25) is 18.1 Å². The number of rotatable bonds is 6. The van der Waals surface area contributed by atoms with E-state index in [4.69, 9.17) is 4.74 Å². The highest BCUT2D eigenvalue weighted by Gasteiger charge is 2.46. The van der Waals surface area contributed by atoms with Crippen molar-refractivity contribution in [3.05, 3.63) is 47.4 Å². The molecule has 35 heavy (non-hydrogen) atoms. The zero-order chi connectivity index (χ0) is 25.8. The van der Waals surface area contributed by atoms with E-state index >= 15 is 0 Å². The van der Waals surface area contributed by atoms with E-state index in [1.807, 2.05) is 6.92 Å². The highest BCUT2D eigenvalue weighted by Crippen LogP contribution is 2.47. The van der Waals surface area contributed by atoms with Crippen LogP contribution >= 0.6 is 0 Å². The number of Topliss-reactive ketones (excluding diaryl/α,β-unsaturated/α-hetero) is 1. The van der Waals surface area contributed by atoms with Gasteiger partial charge in [0.25, 0.3) is 0 Å². The number of alkyl halides is 1. The first-order valence-electron chi connectivity index (χ1n) is 11.4. The molecule has 1 unspecified atom stereocenters. The highest BCUT2D eigenvalue weighted by atomic mass is 32.2. The summed E-state index contributed by atoms with van der Waals surface area (Å²) >= 11 is 0. The molecular formula is C25H28F2N2O5S. The number of ether oxygens (including phenoxy) is 1. The lowest BCUT2D eigenvalue weighted by molar-refractivity contribution is -0.121. The van der Waals surface area contributed by atoms with Crippen molar-refractivity contribution in [2.24, 2.45) is 5.41 Å². The Kier molecular flexibility index (Phi) is 6.24. The van der Waals surface area contributed by atoms with Crippen LogP contribution in [0.5, 0.6) is 5.88 Å². The molecule has 1 aromatic carbocycles. The van der Waals surface area contributed by atoms with Crippen molar-refractivity contribution in [1.82, 2.24) is 4.98 Å². The van der Waals surface area contributed by atoms with Gasteiger partial charge in [-0.3, -0.25) is 14.5 Å². The Hall–Kier alpha value is -2.88. The fourth-order valence-corrected chi connectivity index (χ4v) is 6.47. The van der Waals surface area contributed by atoms with Gasteiger partial charge in [0.1, 0.15) is 9.84 Å². The van der Waals surface area contributed by atoms with Crippen LogP contribution in [0.3, 0.4) is 0 Å². The van der Waals surface area contributed by atoms with Gasteiger partial charge in [0.15, 0.2) is 11.6 Å². The Morgan fingerprint density at radius 3 is 2.46 bits per heavy atom. The van der Waals surface area contributed by atoms with Gasteiger partial charge in [0.05, 0.1) is 34.5 Å². The summed E-state index contributed by atoms with van der Waals surface area (Å²) in [6.45, 7) is 6.47. The van der Waals surface area contributed by atoms with Gasteiger partial charge in [0, 0.05) is 25.0 Å². The summed E-state index contributed by atoms with van der Waals surface area (Å²) in [7, 11) is -3.05. The maximum atomic E-state index is 14.7. The molecule has 1 saturated heterocycles. The maximum absolute atomic E-state index is 14.7. The van der Waals surface area contributed by atoms with E-state index in [9.17, 15) is 26.8 Å². The Labute approximate surface area is 203 Å². The van der Waals surface area contributed by atoms with Crippen molar-refractivity contribution in [3.63, 3.8) is 0 Å². The molecule has 0 spiro atoms. The lowest BCUT2D eigenvalue weighted by Gasteiger charge is -2.32. The van der Waals surface area contributed by atoms with Crippen molar-refractivity contribution in [2.75, 3.05) is 16.4 Å². The van der Waals surface area contributed by atoms with Crippen molar-refractivity contribution < 1.29 is 31.5 Å². The molecule has 10 heteroatoms. The molecule has 4 rings (SSSR count). The number of fused-ring (bicyclic) bond motifs is 1. The third kappa shape index (κ3) is 4.80. The number of aromatic nitrogens is 1. The molecule has 1 amide bonds. The van der Waals surface area contributed by atoms with Gasteiger partial charge in [-0.25, -0.2) is 22.2 Å². The summed E-state index contributed by atoms with van der Waals surface area (Å²) in [5.74, 6) is -1.35. The molecule has 2 aliphatic rings. The Bertz CT molecular complexity index is 1290. The van der Waals surface area contributed by atoms with Gasteiger partial charge in [-0.1, -0.05) is 6.92 Å². The molecule has 7 nitrogen and oxygen atoms in total. The van der Waals surface area contributed by atoms with Crippen LogP contribution in [0.1, 0.15) is 62.9 Å². The molecule has 0 N–H and O–H groups in total. The fourth-order valence-electron chi connectivity index (χ4n) is 4.66. The minimum atomic E-state index is -3.05. The zero-order valence-corrected chi connectivity index (χ0v) is 20.9.